The van der Waals surface area contributed by atoms with Crippen LogP contribution in [0, 0.1) is 5.92 Å². The molecule has 1 amide bonds. The van der Waals surface area contributed by atoms with Crippen LogP contribution in [-0.4, -0.2) is 67.4 Å². The molecule has 4 rings (SSSR count). The highest BCUT2D eigenvalue weighted by Gasteiger charge is 2.36. The van der Waals surface area contributed by atoms with E-state index in [0.717, 1.165) is 32.7 Å². The summed E-state index contributed by atoms with van der Waals surface area (Å²) < 4.78 is 16.8. The quantitative estimate of drug-likeness (QED) is 0.820. The smallest absolute Gasteiger partial charge is 0.254 e. The zero-order valence-corrected chi connectivity index (χ0v) is 14.9. The molecule has 0 bridgehead atoms. The number of fused-ring (bicyclic) bond motifs is 2. The van der Waals surface area contributed by atoms with Crippen LogP contribution in [0.25, 0.3) is 0 Å². The summed E-state index contributed by atoms with van der Waals surface area (Å²) in [4.78, 5) is 17.3. The van der Waals surface area contributed by atoms with Crippen LogP contribution in [0.1, 0.15) is 30.6 Å². The summed E-state index contributed by atoms with van der Waals surface area (Å²) in [6.07, 6.45) is 1.12. The lowest BCUT2D eigenvalue weighted by atomic mass is 9.92. The molecule has 6 nitrogen and oxygen atoms in total. The standard InChI is InChI=1S/C19H26N2O4/c1-13(2)20-7-8-23-18-11-21(6-5-15(18)10-20)19(22)14-3-4-16-17(9-14)25-12-24-16/h3-4,9,13,15,18H,5-8,10-12H2,1-2H3/t15-,18-/m0/s1. The average Bonchev–Trinajstić information content (AvgIpc) is 2.97. The van der Waals surface area contributed by atoms with Crippen molar-refractivity contribution in [3.8, 4) is 11.5 Å². The van der Waals surface area contributed by atoms with Gasteiger partial charge in [0.15, 0.2) is 11.5 Å². The molecule has 25 heavy (non-hydrogen) atoms. The van der Waals surface area contributed by atoms with Crippen LogP contribution < -0.4 is 9.47 Å². The monoisotopic (exact) mass is 346 g/mol. The predicted octanol–water partition coefficient (Wildman–Crippen LogP) is 1.99. The number of hydrogen-bond acceptors (Lipinski definition) is 5. The van der Waals surface area contributed by atoms with Crippen LogP contribution >= 0.6 is 0 Å². The Morgan fingerprint density at radius 2 is 2.00 bits per heavy atom. The summed E-state index contributed by atoms with van der Waals surface area (Å²) in [7, 11) is 0. The number of amides is 1. The van der Waals surface area contributed by atoms with Crippen LogP contribution in [-0.2, 0) is 4.74 Å². The van der Waals surface area contributed by atoms with E-state index >= 15 is 0 Å². The van der Waals surface area contributed by atoms with Crippen molar-refractivity contribution in [3.05, 3.63) is 23.8 Å². The van der Waals surface area contributed by atoms with E-state index in [-0.39, 0.29) is 18.8 Å². The maximum Gasteiger partial charge on any atom is 0.254 e. The number of carbonyl (C=O) groups excluding carboxylic acids is 1. The number of benzene rings is 1. The van der Waals surface area contributed by atoms with Gasteiger partial charge in [0.25, 0.3) is 5.91 Å². The predicted molar refractivity (Wildman–Crippen MR) is 93.0 cm³/mol. The molecule has 136 valence electrons. The molecule has 3 aliphatic rings. The number of rotatable bonds is 2. The van der Waals surface area contributed by atoms with Gasteiger partial charge in [-0.2, -0.15) is 0 Å². The third-order valence-corrected chi connectivity index (χ3v) is 5.51. The van der Waals surface area contributed by atoms with Gasteiger partial charge < -0.3 is 19.1 Å². The van der Waals surface area contributed by atoms with Gasteiger partial charge in [0, 0.05) is 43.7 Å². The van der Waals surface area contributed by atoms with Crippen molar-refractivity contribution in [1.82, 2.24) is 9.80 Å². The molecule has 0 N–H and O–H groups in total. The van der Waals surface area contributed by atoms with Crippen LogP contribution in [0.4, 0.5) is 0 Å². The Balaban J connectivity index is 1.44. The van der Waals surface area contributed by atoms with E-state index in [2.05, 4.69) is 18.7 Å². The molecule has 2 fully saturated rings. The molecule has 0 aromatic heterocycles. The van der Waals surface area contributed by atoms with Crippen LogP contribution in [0.15, 0.2) is 18.2 Å². The lowest BCUT2D eigenvalue weighted by Gasteiger charge is -2.38. The third-order valence-electron chi connectivity index (χ3n) is 5.51. The number of carbonyl (C=O) groups is 1. The van der Waals surface area contributed by atoms with Crippen molar-refractivity contribution in [2.75, 3.05) is 39.6 Å². The van der Waals surface area contributed by atoms with Crippen molar-refractivity contribution >= 4 is 5.91 Å². The highest BCUT2D eigenvalue weighted by Crippen LogP contribution is 2.33. The normalized spacial score (nSPS) is 26.4. The lowest BCUT2D eigenvalue weighted by Crippen LogP contribution is -2.49. The second-order valence-electron chi connectivity index (χ2n) is 7.37. The van der Waals surface area contributed by atoms with Gasteiger partial charge >= 0.3 is 0 Å². The van der Waals surface area contributed by atoms with Gasteiger partial charge in [0.1, 0.15) is 0 Å². The second-order valence-corrected chi connectivity index (χ2v) is 7.37. The van der Waals surface area contributed by atoms with E-state index < -0.39 is 0 Å². The van der Waals surface area contributed by atoms with Crippen LogP contribution in [0.5, 0.6) is 11.5 Å². The highest BCUT2D eigenvalue weighted by atomic mass is 16.7. The number of nitrogens with zero attached hydrogens (tertiary/aromatic N) is 2. The fourth-order valence-electron chi connectivity index (χ4n) is 3.94. The first-order valence-corrected chi connectivity index (χ1v) is 9.16. The van der Waals surface area contributed by atoms with Gasteiger partial charge in [-0.1, -0.05) is 0 Å². The first-order valence-electron chi connectivity index (χ1n) is 9.16. The van der Waals surface area contributed by atoms with E-state index in [0.29, 0.717) is 35.6 Å². The van der Waals surface area contributed by atoms with E-state index in [1.807, 2.05) is 17.0 Å². The first-order chi connectivity index (χ1) is 12.1. The molecule has 1 aromatic rings. The Bertz CT molecular complexity index is 648. The van der Waals surface area contributed by atoms with Crippen LogP contribution in [0.3, 0.4) is 0 Å². The van der Waals surface area contributed by atoms with E-state index in [4.69, 9.17) is 14.2 Å². The zero-order valence-electron chi connectivity index (χ0n) is 14.9. The summed E-state index contributed by atoms with van der Waals surface area (Å²) in [6, 6.07) is 5.95. The van der Waals surface area contributed by atoms with Crippen molar-refractivity contribution in [2.24, 2.45) is 5.92 Å². The first kappa shape index (κ1) is 16.7. The Hall–Kier alpha value is -1.79. The molecule has 6 heteroatoms. The van der Waals surface area contributed by atoms with Gasteiger partial charge in [0.2, 0.25) is 6.79 Å². The highest BCUT2D eigenvalue weighted by molar-refractivity contribution is 5.95. The fraction of sp³-hybridized carbons (Fsp3) is 0.632. The van der Waals surface area contributed by atoms with Gasteiger partial charge in [-0.05, 0) is 38.5 Å². The Kier molecular flexibility index (Phi) is 4.56. The zero-order chi connectivity index (χ0) is 17.4. The minimum atomic E-state index is 0.0466. The summed E-state index contributed by atoms with van der Waals surface area (Å²) in [5.41, 5.74) is 0.653. The fourth-order valence-corrected chi connectivity index (χ4v) is 3.94. The lowest BCUT2D eigenvalue weighted by molar-refractivity contribution is -0.0171. The van der Waals surface area contributed by atoms with Crippen molar-refractivity contribution in [2.45, 2.75) is 32.4 Å². The van der Waals surface area contributed by atoms with Crippen molar-refractivity contribution in [1.29, 1.82) is 0 Å². The van der Waals surface area contributed by atoms with Gasteiger partial charge in [0.05, 0.1) is 12.7 Å². The summed E-state index contributed by atoms with van der Waals surface area (Å²) >= 11 is 0. The Labute approximate surface area is 148 Å². The maximum absolute atomic E-state index is 12.9. The SMILES string of the molecule is CC(C)N1CCO[C@H]2CN(C(=O)c3ccc4c(c3)OCO4)CC[C@H]2C1. The molecular weight excluding hydrogens is 320 g/mol. The number of hydrogen-bond donors (Lipinski definition) is 0. The molecular formula is C19H26N2O4. The topological polar surface area (TPSA) is 51.2 Å². The van der Waals surface area contributed by atoms with Gasteiger partial charge in [-0.15, -0.1) is 0 Å². The summed E-state index contributed by atoms with van der Waals surface area (Å²) in [5, 5.41) is 0. The Morgan fingerprint density at radius 1 is 1.16 bits per heavy atom. The maximum atomic E-state index is 12.9. The molecule has 0 radical (unpaired) electrons. The van der Waals surface area contributed by atoms with E-state index in [1.165, 1.54) is 0 Å². The molecule has 1 aromatic carbocycles. The van der Waals surface area contributed by atoms with Crippen LogP contribution in [0.2, 0.25) is 0 Å². The van der Waals surface area contributed by atoms with Crippen molar-refractivity contribution in [3.63, 3.8) is 0 Å². The van der Waals surface area contributed by atoms with Gasteiger partial charge in [-0.25, -0.2) is 0 Å². The minimum Gasteiger partial charge on any atom is -0.454 e. The molecule has 0 unspecified atom stereocenters. The Morgan fingerprint density at radius 3 is 2.84 bits per heavy atom. The molecule has 3 heterocycles. The molecule has 2 saturated heterocycles. The summed E-state index contributed by atoms with van der Waals surface area (Å²) in [6.45, 7) is 8.92. The molecule has 3 aliphatic heterocycles. The molecule has 0 saturated carbocycles. The third kappa shape index (κ3) is 3.33. The average molecular weight is 346 g/mol. The van der Waals surface area contributed by atoms with Crippen molar-refractivity contribution < 1.29 is 19.0 Å². The molecule has 0 spiro atoms. The molecule has 2 atom stereocenters. The minimum absolute atomic E-state index is 0.0466. The molecule has 0 aliphatic carbocycles. The largest absolute Gasteiger partial charge is 0.454 e. The number of ether oxygens (including phenoxy) is 3. The van der Waals surface area contributed by atoms with E-state index in [1.54, 1.807) is 6.07 Å². The number of likely N-dealkylation sites (tertiary alicyclic amines) is 1. The van der Waals surface area contributed by atoms with Gasteiger partial charge in [-0.3, -0.25) is 9.69 Å². The van der Waals surface area contributed by atoms with E-state index in [9.17, 15) is 4.79 Å². The summed E-state index contributed by atoms with van der Waals surface area (Å²) in [5.74, 6) is 1.91. The second kappa shape index (κ2) is 6.84. The number of piperidine rings is 1.